The molecule has 0 aliphatic carbocycles. The summed E-state index contributed by atoms with van der Waals surface area (Å²) in [7, 11) is -4.37. The van der Waals surface area contributed by atoms with Gasteiger partial charge in [-0.05, 0) is 54.8 Å². The van der Waals surface area contributed by atoms with Crippen molar-refractivity contribution in [2.45, 2.75) is 50.2 Å². The molecule has 0 radical (unpaired) electrons. The second-order valence-electron chi connectivity index (χ2n) is 10.8. The van der Waals surface area contributed by atoms with Gasteiger partial charge in [-0.2, -0.15) is 0 Å². The molecule has 0 unspecified atom stereocenters. The molecule has 0 aromatic heterocycles. The number of nitro groups is 1. The van der Waals surface area contributed by atoms with Gasteiger partial charge < -0.3 is 10.2 Å². The molecule has 0 spiro atoms. The Morgan fingerprint density at radius 1 is 0.891 bits per heavy atom. The van der Waals surface area contributed by atoms with Crippen LogP contribution in [0, 0.1) is 10.1 Å². The highest BCUT2D eigenvalue weighted by Gasteiger charge is 2.35. The van der Waals surface area contributed by atoms with Gasteiger partial charge in [0.1, 0.15) is 12.6 Å². The molecular weight excluding hydrogens is 672 g/mol. The van der Waals surface area contributed by atoms with Crippen molar-refractivity contribution >= 4 is 49.1 Å². The minimum Gasteiger partial charge on any atom is -0.352 e. The summed E-state index contributed by atoms with van der Waals surface area (Å²) in [5.74, 6) is -1.04. The van der Waals surface area contributed by atoms with Crippen LogP contribution in [0.3, 0.4) is 0 Å². The summed E-state index contributed by atoms with van der Waals surface area (Å²) in [6, 6.07) is 28.0. The summed E-state index contributed by atoms with van der Waals surface area (Å²) in [6.45, 7) is 3.10. The van der Waals surface area contributed by atoms with E-state index < -0.39 is 33.4 Å². The molecule has 0 fully saturated rings. The lowest BCUT2D eigenvalue weighted by Crippen LogP contribution is -2.54. The van der Waals surface area contributed by atoms with Gasteiger partial charge in [0.25, 0.3) is 15.7 Å². The Morgan fingerprint density at radius 3 is 2.13 bits per heavy atom. The summed E-state index contributed by atoms with van der Waals surface area (Å²) < 4.78 is 29.8. The molecule has 46 heavy (non-hydrogen) atoms. The first-order valence-electron chi connectivity index (χ1n) is 14.7. The van der Waals surface area contributed by atoms with Gasteiger partial charge in [-0.1, -0.05) is 89.6 Å². The zero-order chi connectivity index (χ0) is 33.3. The summed E-state index contributed by atoms with van der Waals surface area (Å²) in [4.78, 5) is 40.6. The SMILES string of the molecule is CC[C@@H](C)NC(=O)[C@@H](Cc1ccccc1)N(Cc1ccc(Br)cc1)C(=O)CN(c1cccc([N+](=O)[O-])c1)S(=O)(=O)c1ccccc1. The summed E-state index contributed by atoms with van der Waals surface area (Å²) in [6.07, 6.45) is 0.841. The fourth-order valence-corrected chi connectivity index (χ4v) is 6.48. The average molecular weight is 708 g/mol. The maximum Gasteiger partial charge on any atom is 0.271 e. The number of nitro benzene ring substituents is 1. The number of rotatable bonds is 14. The highest BCUT2D eigenvalue weighted by Crippen LogP contribution is 2.28. The molecule has 0 aliphatic rings. The van der Waals surface area contributed by atoms with E-state index in [4.69, 9.17) is 0 Å². The number of anilines is 1. The standard InChI is InChI=1S/C34H35BrN4O6S/c1-3-25(2)36-34(41)32(21-26-11-6-4-7-12-26)37(23-27-17-19-28(35)20-18-27)33(40)24-38(29-13-10-14-30(22-29)39(42)43)46(44,45)31-15-8-5-9-16-31/h4-20,22,25,32H,3,21,23-24H2,1-2H3,(H,36,41)/t25-,32-/m1/s1. The van der Waals surface area contributed by atoms with E-state index in [9.17, 15) is 28.1 Å². The van der Waals surface area contributed by atoms with Crippen LogP contribution in [0.5, 0.6) is 0 Å². The summed E-state index contributed by atoms with van der Waals surface area (Å²) in [5, 5.41) is 14.6. The second kappa shape index (κ2) is 15.6. The van der Waals surface area contributed by atoms with Crippen LogP contribution in [-0.2, 0) is 32.6 Å². The number of benzene rings is 4. The topological polar surface area (TPSA) is 130 Å². The zero-order valence-electron chi connectivity index (χ0n) is 25.5. The molecule has 0 saturated carbocycles. The molecule has 10 nitrogen and oxygen atoms in total. The van der Waals surface area contributed by atoms with E-state index in [1.54, 1.807) is 18.2 Å². The third-order valence-corrected chi connectivity index (χ3v) is 9.79. The highest BCUT2D eigenvalue weighted by atomic mass is 79.9. The van der Waals surface area contributed by atoms with Crippen LogP contribution in [0.2, 0.25) is 0 Å². The zero-order valence-corrected chi connectivity index (χ0v) is 27.9. The van der Waals surface area contributed by atoms with Crippen molar-refractivity contribution in [3.63, 3.8) is 0 Å². The third kappa shape index (κ3) is 8.79. The maximum atomic E-state index is 14.5. The lowest BCUT2D eigenvalue weighted by molar-refractivity contribution is -0.384. The van der Waals surface area contributed by atoms with Crippen molar-refractivity contribution in [2.24, 2.45) is 0 Å². The van der Waals surface area contributed by atoms with Crippen molar-refractivity contribution < 1.29 is 22.9 Å². The molecule has 4 aromatic carbocycles. The number of hydrogen-bond donors (Lipinski definition) is 1. The largest absolute Gasteiger partial charge is 0.352 e. The molecular formula is C34H35BrN4O6S. The number of halogens is 1. The Labute approximate surface area is 277 Å². The van der Waals surface area contributed by atoms with Crippen molar-refractivity contribution in [3.8, 4) is 0 Å². The van der Waals surface area contributed by atoms with E-state index in [1.165, 1.54) is 35.2 Å². The number of non-ortho nitro benzene ring substituents is 1. The molecule has 2 atom stereocenters. The first-order valence-corrected chi connectivity index (χ1v) is 16.9. The maximum absolute atomic E-state index is 14.5. The molecule has 0 heterocycles. The van der Waals surface area contributed by atoms with E-state index in [-0.39, 0.29) is 41.2 Å². The molecule has 4 rings (SSSR count). The molecule has 2 amide bonds. The van der Waals surface area contributed by atoms with Crippen molar-refractivity contribution in [3.05, 3.63) is 135 Å². The number of nitrogens with one attached hydrogen (secondary N) is 1. The van der Waals surface area contributed by atoms with E-state index in [1.807, 2.05) is 68.4 Å². The van der Waals surface area contributed by atoms with Crippen LogP contribution in [-0.4, -0.2) is 48.7 Å². The minimum absolute atomic E-state index is 0.00566. The number of sulfonamides is 1. The molecule has 1 N–H and O–H groups in total. The number of carbonyl (C=O) groups is 2. The highest BCUT2D eigenvalue weighted by molar-refractivity contribution is 9.10. The summed E-state index contributed by atoms with van der Waals surface area (Å²) >= 11 is 3.42. The van der Waals surface area contributed by atoms with Crippen LogP contribution in [0.25, 0.3) is 0 Å². The monoisotopic (exact) mass is 706 g/mol. The van der Waals surface area contributed by atoms with Crippen molar-refractivity contribution in [1.29, 1.82) is 0 Å². The number of carbonyl (C=O) groups excluding carboxylic acids is 2. The van der Waals surface area contributed by atoms with Gasteiger partial charge in [-0.15, -0.1) is 0 Å². The third-order valence-electron chi connectivity index (χ3n) is 7.48. The lowest BCUT2D eigenvalue weighted by Gasteiger charge is -2.34. The first kappa shape index (κ1) is 34.3. The number of nitrogens with zero attached hydrogens (tertiary/aromatic N) is 3. The Morgan fingerprint density at radius 2 is 1.52 bits per heavy atom. The van der Waals surface area contributed by atoms with Crippen LogP contribution in [0.1, 0.15) is 31.4 Å². The molecule has 4 aromatic rings. The van der Waals surface area contributed by atoms with Crippen LogP contribution in [0.4, 0.5) is 11.4 Å². The van der Waals surface area contributed by atoms with E-state index in [0.29, 0.717) is 6.42 Å². The minimum atomic E-state index is -4.37. The van der Waals surface area contributed by atoms with Crippen LogP contribution in [0.15, 0.2) is 119 Å². The fourth-order valence-electron chi connectivity index (χ4n) is 4.79. The predicted octanol–water partition coefficient (Wildman–Crippen LogP) is 6.11. The molecule has 0 bridgehead atoms. The van der Waals surface area contributed by atoms with E-state index in [2.05, 4.69) is 21.2 Å². The fraction of sp³-hybridized carbons (Fsp3) is 0.235. The summed E-state index contributed by atoms with van der Waals surface area (Å²) in [5.41, 5.74) is 1.14. The number of hydrogen-bond acceptors (Lipinski definition) is 6. The Bertz CT molecular complexity index is 1760. The van der Waals surface area contributed by atoms with Crippen molar-refractivity contribution in [1.82, 2.24) is 10.2 Å². The lowest BCUT2D eigenvalue weighted by atomic mass is 10.0. The van der Waals surface area contributed by atoms with Crippen LogP contribution < -0.4 is 9.62 Å². The molecule has 0 aliphatic heterocycles. The van der Waals surface area contributed by atoms with E-state index in [0.717, 1.165) is 26.0 Å². The predicted molar refractivity (Wildman–Crippen MR) is 181 cm³/mol. The normalized spacial score (nSPS) is 12.5. The van der Waals surface area contributed by atoms with Gasteiger partial charge in [0.2, 0.25) is 11.8 Å². The van der Waals surface area contributed by atoms with Crippen LogP contribution >= 0.6 is 15.9 Å². The number of amides is 2. The van der Waals surface area contributed by atoms with Gasteiger partial charge in [0.05, 0.1) is 15.5 Å². The Hall–Kier alpha value is -4.55. The Balaban J connectivity index is 1.83. The average Bonchev–Trinajstić information content (AvgIpc) is 3.06. The second-order valence-corrected chi connectivity index (χ2v) is 13.6. The Kier molecular flexibility index (Phi) is 11.7. The van der Waals surface area contributed by atoms with Gasteiger partial charge >= 0.3 is 0 Å². The molecule has 12 heteroatoms. The van der Waals surface area contributed by atoms with Gasteiger partial charge in [-0.25, -0.2) is 8.42 Å². The smallest absolute Gasteiger partial charge is 0.271 e. The van der Waals surface area contributed by atoms with Crippen molar-refractivity contribution in [2.75, 3.05) is 10.8 Å². The quantitative estimate of drug-likeness (QED) is 0.124. The first-order chi connectivity index (χ1) is 22.0. The van der Waals surface area contributed by atoms with Gasteiger partial charge in [-0.3, -0.25) is 24.0 Å². The van der Waals surface area contributed by atoms with E-state index >= 15 is 0 Å². The van der Waals surface area contributed by atoms with Gasteiger partial charge in [0, 0.05) is 35.6 Å². The van der Waals surface area contributed by atoms with Gasteiger partial charge in [0.15, 0.2) is 0 Å². The molecule has 240 valence electrons. The molecule has 0 saturated heterocycles.